The summed E-state index contributed by atoms with van der Waals surface area (Å²) in [5.41, 5.74) is 4.28. The Balaban J connectivity index is 0.00000400. The Morgan fingerprint density at radius 1 is 1.21 bits per heavy atom. The van der Waals surface area contributed by atoms with E-state index in [0.29, 0.717) is 18.0 Å². The number of ketones is 1. The molecular weight excluding hydrogens is 516 g/mol. The molecule has 0 radical (unpaired) electrons. The summed E-state index contributed by atoms with van der Waals surface area (Å²) in [5, 5.41) is 1.06. The van der Waals surface area contributed by atoms with E-state index in [1.807, 2.05) is 38.4 Å². The Morgan fingerprint density at radius 3 is 2.61 bits per heavy atom. The van der Waals surface area contributed by atoms with Crippen LogP contribution >= 0.6 is 11.3 Å². The highest BCUT2D eigenvalue weighted by Crippen LogP contribution is 2.39. The monoisotopic (exact) mass is 559 g/mol. The number of hydrogen-bond acceptors (Lipinski definition) is 6. The molecule has 3 aromatic rings. The molecular formula is C29H43N4O3S2+. The SMILES string of the molecule is CN(C)CC[C@@H](CC(=O)c1cc2cc3c(nc2s1)CC[C@H](C(C)(C)C)C3)c1cccc(NS(C)(=O)=O)c1.[NH4+]. The zero-order valence-corrected chi connectivity index (χ0v) is 25.4. The molecule has 1 aromatic carbocycles. The molecule has 0 saturated carbocycles. The van der Waals surface area contributed by atoms with E-state index in [4.69, 9.17) is 4.98 Å². The fourth-order valence-electron chi connectivity index (χ4n) is 5.20. The van der Waals surface area contributed by atoms with Gasteiger partial charge in [-0.25, -0.2) is 13.4 Å². The summed E-state index contributed by atoms with van der Waals surface area (Å²) < 4.78 is 26.0. The van der Waals surface area contributed by atoms with Gasteiger partial charge in [-0.1, -0.05) is 32.9 Å². The number of carbonyl (C=O) groups excluding carboxylic acids is 1. The summed E-state index contributed by atoms with van der Waals surface area (Å²) in [6, 6.07) is 11.7. The van der Waals surface area contributed by atoms with Gasteiger partial charge in [0.25, 0.3) is 0 Å². The van der Waals surface area contributed by atoms with Crippen LogP contribution in [-0.4, -0.2) is 51.0 Å². The van der Waals surface area contributed by atoms with Crippen LogP contribution in [0.25, 0.3) is 10.2 Å². The Bertz CT molecular complexity index is 1390. The van der Waals surface area contributed by atoms with Crippen molar-refractivity contribution in [3.63, 3.8) is 0 Å². The summed E-state index contributed by atoms with van der Waals surface area (Å²) >= 11 is 1.49. The lowest BCUT2D eigenvalue weighted by atomic mass is 9.71. The van der Waals surface area contributed by atoms with E-state index in [2.05, 4.69) is 36.5 Å². The number of rotatable bonds is 9. The Labute approximate surface area is 231 Å². The zero-order valence-electron chi connectivity index (χ0n) is 23.8. The van der Waals surface area contributed by atoms with Gasteiger partial charge in [0.2, 0.25) is 10.0 Å². The highest BCUT2D eigenvalue weighted by atomic mass is 32.2. The first-order valence-corrected chi connectivity index (χ1v) is 15.7. The number of fused-ring (bicyclic) bond motifs is 2. The topological polar surface area (TPSA) is 116 Å². The van der Waals surface area contributed by atoms with Crippen LogP contribution < -0.4 is 10.9 Å². The standard InChI is InChI=1S/C29H39N3O3S2.H3N/c1-29(2,3)23-10-11-25-21(15-23)14-22-18-27(36-28(22)30-25)26(33)17-20(12-13-32(4)5)19-8-7-9-24(16-19)31-37(6,34)35;/h7-9,14,16,18,20,23,31H,10-13,15,17H2,1-6H3;1H3/p+1/t20-,23-;/m0./s1. The lowest BCUT2D eigenvalue weighted by Gasteiger charge is -2.34. The van der Waals surface area contributed by atoms with E-state index < -0.39 is 10.0 Å². The van der Waals surface area contributed by atoms with Gasteiger partial charge in [-0.3, -0.25) is 9.52 Å². The third kappa shape index (κ3) is 7.62. The molecule has 5 N–H and O–H groups in total. The average molecular weight is 560 g/mol. The first kappa shape index (κ1) is 30.2. The van der Waals surface area contributed by atoms with Crippen LogP contribution in [0.1, 0.15) is 72.4 Å². The molecule has 2 aromatic heterocycles. The van der Waals surface area contributed by atoms with Crippen LogP contribution in [-0.2, 0) is 22.9 Å². The average Bonchev–Trinajstić information content (AvgIpc) is 3.21. The Kier molecular flexibility index (Phi) is 9.40. The first-order valence-electron chi connectivity index (χ1n) is 13.0. The third-order valence-electron chi connectivity index (χ3n) is 7.39. The molecule has 1 aliphatic rings. The number of carbonyl (C=O) groups is 1. The Morgan fingerprint density at radius 2 is 1.95 bits per heavy atom. The number of hydrogen-bond donors (Lipinski definition) is 2. The van der Waals surface area contributed by atoms with Crippen molar-refractivity contribution >= 4 is 43.0 Å². The molecule has 9 heteroatoms. The van der Waals surface area contributed by atoms with Crippen molar-refractivity contribution in [2.24, 2.45) is 11.3 Å². The lowest BCUT2D eigenvalue weighted by Crippen LogP contribution is -2.27. The molecule has 0 fully saturated rings. The Hall–Kier alpha value is -2.33. The van der Waals surface area contributed by atoms with Gasteiger partial charge in [0, 0.05) is 23.2 Å². The van der Waals surface area contributed by atoms with Crippen molar-refractivity contribution in [2.75, 3.05) is 31.6 Å². The second-order valence-corrected chi connectivity index (χ2v) is 14.6. The second kappa shape index (κ2) is 11.8. The molecule has 7 nitrogen and oxygen atoms in total. The van der Waals surface area contributed by atoms with Crippen LogP contribution in [0.5, 0.6) is 0 Å². The van der Waals surface area contributed by atoms with Gasteiger partial charge in [-0.2, -0.15) is 0 Å². The van der Waals surface area contributed by atoms with Gasteiger partial charge < -0.3 is 11.1 Å². The van der Waals surface area contributed by atoms with Crippen molar-refractivity contribution < 1.29 is 13.2 Å². The maximum atomic E-state index is 13.5. The summed E-state index contributed by atoms with van der Waals surface area (Å²) in [5.74, 6) is 0.735. The van der Waals surface area contributed by atoms with Crippen LogP contribution in [0, 0.1) is 11.3 Å². The van der Waals surface area contributed by atoms with Gasteiger partial charge in [-0.05, 0) is 99.0 Å². The number of Topliss-reactive ketones (excluding diaryl/α,β-unsaturated/α-hetero) is 1. The summed E-state index contributed by atoms with van der Waals surface area (Å²) in [6.45, 7) is 7.78. The minimum absolute atomic E-state index is 0. The first-order chi connectivity index (χ1) is 17.3. The summed E-state index contributed by atoms with van der Waals surface area (Å²) in [7, 11) is 0.660. The van der Waals surface area contributed by atoms with Crippen molar-refractivity contribution in [3.8, 4) is 0 Å². The molecule has 2 heterocycles. The number of aromatic nitrogens is 1. The van der Waals surface area contributed by atoms with Crippen LogP contribution in [0.3, 0.4) is 0 Å². The number of nitrogens with one attached hydrogen (secondary N) is 1. The number of quaternary nitrogens is 1. The minimum atomic E-state index is -3.38. The number of anilines is 1. The molecule has 0 bridgehead atoms. The number of nitrogens with zero attached hydrogens (tertiary/aromatic N) is 2. The van der Waals surface area contributed by atoms with Gasteiger partial charge >= 0.3 is 0 Å². The highest BCUT2D eigenvalue weighted by molar-refractivity contribution is 7.92. The van der Waals surface area contributed by atoms with Crippen LogP contribution in [0.2, 0.25) is 0 Å². The van der Waals surface area contributed by atoms with E-state index in [1.165, 1.54) is 22.6 Å². The number of aryl methyl sites for hydroxylation is 1. The number of benzene rings is 1. The van der Waals surface area contributed by atoms with E-state index in [0.717, 1.165) is 59.1 Å². The minimum Gasteiger partial charge on any atom is -0.369 e. The fourth-order valence-corrected chi connectivity index (χ4v) is 6.73. The van der Waals surface area contributed by atoms with E-state index in [1.54, 1.807) is 6.07 Å². The second-order valence-electron chi connectivity index (χ2n) is 11.8. The van der Waals surface area contributed by atoms with E-state index >= 15 is 0 Å². The van der Waals surface area contributed by atoms with E-state index in [9.17, 15) is 13.2 Å². The zero-order chi connectivity index (χ0) is 27.0. The number of sulfonamides is 1. The largest absolute Gasteiger partial charge is 0.369 e. The van der Waals surface area contributed by atoms with Gasteiger partial charge in [0.05, 0.1) is 11.1 Å². The summed E-state index contributed by atoms with van der Waals surface area (Å²) in [4.78, 5) is 22.3. The molecule has 1 aliphatic carbocycles. The van der Waals surface area contributed by atoms with Crippen molar-refractivity contribution in [1.82, 2.24) is 16.0 Å². The number of pyridine rings is 1. The maximum Gasteiger partial charge on any atom is 0.229 e. The van der Waals surface area contributed by atoms with Crippen molar-refractivity contribution in [1.29, 1.82) is 0 Å². The molecule has 0 saturated heterocycles. The van der Waals surface area contributed by atoms with Gasteiger partial charge in [0.1, 0.15) is 4.83 Å². The normalized spacial score (nSPS) is 16.7. The van der Waals surface area contributed by atoms with Crippen molar-refractivity contribution in [3.05, 3.63) is 58.1 Å². The third-order valence-corrected chi connectivity index (χ3v) is 9.08. The van der Waals surface area contributed by atoms with Gasteiger partial charge in [-0.15, -0.1) is 11.3 Å². The lowest BCUT2D eigenvalue weighted by molar-refractivity contribution is 0.0975. The molecule has 0 spiro atoms. The molecule has 0 unspecified atom stereocenters. The molecule has 2 atom stereocenters. The van der Waals surface area contributed by atoms with Crippen LogP contribution in [0.15, 0.2) is 36.4 Å². The maximum absolute atomic E-state index is 13.5. The fraction of sp³-hybridized carbons (Fsp3) is 0.517. The van der Waals surface area contributed by atoms with Gasteiger partial charge in [0.15, 0.2) is 5.78 Å². The highest BCUT2D eigenvalue weighted by Gasteiger charge is 2.30. The van der Waals surface area contributed by atoms with Crippen molar-refractivity contribution in [2.45, 2.75) is 58.8 Å². The smallest absolute Gasteiger partial charge is 0.229 e. The van der Waals surface area contributed by atoms with E-state index in [-0.39, 0.29) is 23.3 Å². The molecule has 0 amide bonds. The quantitative estimate of drug-likeness (QED) is 0.290. The predicted molar refractivity (Wildman–Crippen MR) is 160 cm³/mol. The summed E-state index contributed by atoms with van der Waals surface area (Å²) in [6.07, 6.45) is 5.52. The molecule has 38 heavy (non-hydrogen) atoms. The number of thiophene rings is 1. The van der Waals surface area contributed by atoms with Crippen LogP contribution in [0.4, 0.5) is 5.69 Å². The molecule has 4 rings (SSSR count). The molecule has 208 valence electrons. The predicted octanol–water partition coefficient (Wildman–Crippen LogP) is 6.50. The molecule has 0 aliphatic heterocycles.